The summed E-state index contributed by atoms with van der Waals surface area (Å²) < 4.78 is 18.9. The standard InChI is InChI=1S/C14H10Br2ClFO/c1-19-13-5-2-8(6-12(13)17)14(16)10-4-3-9(18)7-11(10)15/h2-7,14H,1H3. The van der Waals surface area contributed by atoms with Gasteiger partial charge in [0.25, 0.3) is 0 Å². The molecule has 0 heterocycles. The van der Waals surface area contributed by atoms with Crippen LogP contribution < -0.4 is 4.74 Å². The largest absolute Gasteiger partial charge is 0.495 e. The fourth-order valence-electron chi connectivity index (χ4n) is 1.73. The van der Waals surface area contributed by atoms with Crippen molar-refractivity contribution in [2.75, 3.05) is 7.11 Å². The van der Waals surface area contributed by atoms with Gasteiger partial charge in [-0.05, 0) is 35.4 Å². The Morgan fingerprint density at radius 1 is 1.21 bits per heavy atom. The predicted octanol–water partition coefficient (Wildman–Crippen LogP) is 5.73. The first-order valence-corrected chi connectivity index (χ1v) is 7.54. The Morgan fingerprint density at radius 2 is 1.95 bits per heavy atom. The highest BCUT2D eigenvalue weighted by Crippen LogP contribution is 2.38. The molecule has 19 heavy (non-hydrogen) atoms. The maximum absolute atomic E-state index is 13.1. The van der Waals surface area contributed by atoms with E-state index >= 15 is 0 Å². The van der Waals surface area contributed by atoms with E-state index in [0.29, 0.717) is 15.2 Å². The van der Waals surface area contributed by atoms with Crippen LogP contribution in [0.4, 0.5) is 4.39 Å². The highest BCUT2D eigenvalue weighted by atomic mass is 79.9. The van der Waals surface area contributed by atoms with Crippen molar-refractivity contribution in [2.24, 2.45) is 0 Å². The van der Waals surface area contributed by atoms with Crippen molar-refractivity contribution in [1.82, 2.24) is 0 Å². The molecule has 2 aromatic carbocycles. The molecule has 0 fully saturated rings. The minimum atomic E-state index is -0.275. The zero-order valence-corrected chi connectivity index (χ0v) is 13.9. The van der Waals surface area contributed by atoms with E-state index in [9.17, 15) is 4.39 Å². The number of hydrogen-bond donors (Lipinski definition) is 0. The van der Waals surface area contributed by atoms with Crippen LogP contribution in [0.15, 0.2) is 40.9 Å². The molecule has 0 spiro atoms. The molecule has 0 saturated heterocycles. The lowest BCUT2D eigenvalue weighted by atomic mass is 10.0. The summed E-state index contributed by atoms with van der Waals surface area (Å²) in [5, 5.41) is 0.544. The third-order valence-electron chi connectivity index (χ3n) is 2.70. The van der Waals surface area contributed by atoms with Gasteiger partial charge in [-0.3, -0.25) is 0 Å². The molecule has 1 atom stereocenters. The van der Waals surface area contributed by atoms with Gasteiger partial charge in [-0.25, -0.2) is 4.39 Å². The number of ether oxygens (including phenoxy) is 1. The molecular formula is C14H10Br2ClFO. The van der Waals surface area contributed by atoms with Gasteiger partial charge in [0.2, 0.25) is 0 Å². The molecule has 1 nitrogen and oxygen atoms in total. The monoisotopic (exact) mass is 406 g/mol. The van der Waals surface area contributed by atoms with Gasteiger partial charge in [-0.15, -0.1) is 0 Å². The van der Waals surface area contributed by atoms with Crippen LogP contribution in [0.2, 0.25) is 5.02 Å². The number of rotatable bonds is 3. The summed E-state index contributed by atoms with van der Waals surface area (Å²) in [6.07, 6.45) is 0. The Bertz CT molecular complexity index is 604. The van der Waals surface area contributed by atoms with Gasteiger partial charge in [0.1, 0.15) is 11.6 Å². The molecule has 0 aliphatic heterocycles. The zero-order valence-electron chi connectivity index (χ0n) is 9.96. The van der Waals surface area contributed by atoms with E-state index in [-0.39, 0.29) is 10.6 Å². The molecule has 0 amide bonds. The minimum Gasteiger partial charge on any atom is -0.495 e. The van der Waals surface area contributed by atoms with Gasteiger partial charge >= 0.3 is 0 Å². The fourth-order valence-corrected chi connectivity index (χ4v) is 3.56. The lowest BCUT2D eigenvalue weighted by Crippen LogP contribution is -1.95. The lowest BCUT2D eigenvalue weighted by molar-refractivity contribution is 0.415. The molecule has 0 saturated carbocycles. The molecule has 5 heteroatoms. The predicted molar refractivity (Wildman–Crippen MR) is 82.9 cm³/mol. The van der Waals surface area contributed by atoms with E-state index in [0.717, 1.165) is 11.1 Å². The van der Waals surface area contributed by atoms with E-state index in [2.05, 4.69) is 31.9 Å². The van der Waals surface area contributed by atoms with Gasteiger partial charge in [-0.1, -0.05) is 55.6 Å². The Kier molecular flexibility index (Phi) is 4.87. The summed E-state index contributed by atoms with van der Waals surface area (Å²) in [6, 6.07) is 10.2. The molecule has 2 aromatic rings. The van der Waals surface area contributed by atoms with E-state index in [1.165, 1.54) is 12.1 Å². The molecule has 0 aliphatic rings. The molecule has 0 N–H and O–H groups in total. The van der Waals surface area contributed by atoms with Crippen LogP contribution in [0.3, 0.4) is 0 Å². The van der Waals surface area contributed by atoms with Crippen molar-refractivity contribution in [1.29, 1.82) is 0 Å². The molecular weight excluding hydrogens is 398 g/mol. The number of methoxy groups -OCH3 is 1. The maximum atomic E-state index is 13.1. The van der Waals surface area contributed by atoms with Crippen LogP contribution in [0.25, 0.3) is 0 Å². The van der Waals surface area contributed by atoms with Gasteiger partial charge < -0.3 is 4.74 Å². The van der Waals surface area contributed by atoms with Gasteiger partial charge in [0, 0.05) is 4.47 Å². The lowest BCUT2D eigenvalue weighted by Gasteiger charge is -2.14. The van der Waals surface area contributed by atoms with Crippen molar-refractivity contribution >= 4 is 43.5 Å². The molecule has 100 valence electrons. The van der Waals surface area contributed by atoms with Crippen molar-refractivity contribution in [2.45, 2.75) is 4.83 Å². The van der Waals surface area contributed by atoms with Gasteiger partial charge in [0.05, 0.1) is 17.0 Å². The first kappa shape index (κ1) is 14.8. The number of hydrogen-bond acceptors (Lipinski definition) is 1. The second-order valence-corrected chi connectivity index (χ2v) is 6.10. The maximum Gasteiger partial charge on any atom is 0.137 e. The van der Waals surface area contributed by atoms with Crippen molar-refractivity contribution < 1.29 is 9.13 Å². The van der Waals surface area contributed by atoms with Crippen LogP contribution in [-0.4, -0.2) is 7.11 Å². The van der Waals surface area contributed by atoms with E-state index < -0.39 is 0 Å². The normalized spacial score (nSPS) is 12.3. The SMILES string of the molecule is COc1ccc(C(Br)c2ccc(F)cc2Br)cc1Cl. The van der Waals surface area contributed by atoms with E-state index in [1.54, 1.807) is 13.2 Å². The first-order chi connectivity index (χ1) is 9.02. The van der Waals surface area contributed by atoms with Gasteiger partial charge in [-0.2, -0.15) is 0 Å². The van der Waals surface area contributed by atoms with Crippen LogP contribution in [-0.2, 0) is 0 Å². The number of benzene rings is 2. The third kappa shape index (κ3) is 3.30. The zero-order chi connectivity index (χ0) is 14.0. The molecule has 0 aromatic heterocycles. The summed E-state index contributed by atoms with van der Waals surface area (Å²) in [5.41, 5.74) is 1.90. The Labute approximate surface area is 133 Å². The second-order valence-electron chi connectivity index (χ2n) is 3.92. The molecule has 0 radical (unpaired) electrons. The molecule has 2 rings (SSSR count). The highest BCUT2D eigenvalue weighted by molar-refractivity contribution is 9.11. The summed E-state index contributed by atoms with van der Waals surface area (Å²) in [7, 11) is 1.57. The summed E-state index contributed by atoms with van der Waals surface area (Å²) in [5.74, 6) is 0.353. The van der Waals surface area contributed by atoms with E-state index in [4.69, 9.17) is 16.3 Å². The Morgan fingerprint density at radius 3 is 2.53 bits per heavy atom. The first-order valence-electron chi connectivity index (χ1n) is 5.45. The Balaban J connectivity index is 2.38. The summed E-state index contributed by atoms with van der Waals surface area (Å²) >= 11 is 13.1. The Hall–Kier alpha value is -0.580. The fraction of sp³-hybridized carbons (Fsp3) is 0.143. The third-order valence-corrected chi connectivity index (χ3v) is 4.71. The van der Waals surface area contributed by atoms with Crippen LogP contribution in [0, 0.1) is 5.82 Å². The summed E-state index contributed by atoms with van der Waals surface area (Å²) in [6.45, 7) is 0. The molecule has 0 bridgehead atoms. The van der Waals surface area contributed by atoms with Crippen molar-refractivity contribution in [3.8, 4) is 5.75 Å². The minimum absolute atomic E-state index is 0.0779. The van der Waals surface area contributed by atoms with Crippen LogP contribution >= 0.6 is 43.5 Å². The highest BCUT2D eigenvalue weighted by Gasteiger charge is 2.15. The van der Waals surface area contributed by atoms with Crippen molar-refractivity contribution in [3.63, 3.8) is 0 Å². The molecule has 1 unspecified atom stereocenters. The smallest absolute Gasteiger partial charge is 0.137 e. The average molecular weight is 408 g/mol. The van der Waals surface area contributed by atoms with Crippen molar-refractivity contribution in [3.05, 3.63) is 62.8 Å². The topological polar surface area (TPSA) is 9.23 Å². The number of halogens is 4. The second kappa shape index (κ2) is 6.25. The van der Waals surface area contributed by atoms with Crippen LogP contribution in [0.5, 0.6) is 5.75 Å². The number of alkyl halides is 1. The quantitative estimate of drug-likeness (QED) is 0.589. The van der Waals surface area contributed by atoms with Gasteiger partial charge in [0.15, 0.2) is 0 Å². The average Bonchev–Trinajstić information content (AvgIpc) is 2.38. The summed E-state index contributed by atoms with van der Waals surface area (Å²) in [4.78, 5) is -0.0779. The van der Waals surface area contributed by atoms with Crippen LogP contribution in [0.1, 0.15) is 16.0 Å². The molecule has 0 aliphatic carbocycles. The van der Waals surface area contributed by atoms with E-state index in [1.807, 2.05) is 18.2 Å².